The van der Waals surface area contributed by atoms with Crippen molar-refractivity contribution >= 4 is 34.0 Å². The molecule has 1 atom stereocenters. The first-order chi connectivity index (χ1) is 9.83. The van der Waals surface area contributed by atoms with Gasteiger partial charge < -0.3 is 20.5 Å². The molecule has 0 spiro atoms. The Hall–Kier alpha value is -1.76. The second-order valence-electron chi connectivity index (χ2n) is 4.94. The molecule has 0 fully saturated rings. The van der Waals surface area contributed by atoms with Crippen molar-refractivity contribution in [1.29, 1.82) is 0 Å². The van der Waals surface area contributed by atoms with Gasteiger partial charge in [0, 0.05) is 6.04 Å². The molecule has 1 aromatic rings. The van der Waals surface area contributed by atoms with E-state index in [9.17, 15) is 9.59 Å². The van der Waals surface area contributed by atoms with E-state index in [1.807, 2.05) is 6.92 Å². The van der Waals surface area contributed by atoms with Gasteiger partial charge in [-0.3, -0.25) is 0 Å². The molecular formula is C14H22N2O4S. The van der Waals surface area contributed by atoms with E-state index in [2.05, 4.69) is 19.2 Å². The molecule has 0 saturated heterocycles. The van der Waals surface area contributed by atoms with Crippen LogP contribution in [0.1, 0.15) is 47.7 Å². The van der Waals surface area contributed by atoms with Gasteiger partial charge in [-0.05, 0) is 19.8 Å². The molecule has 0 aliphatic heterocycles. The highest BCUT2D eigenvalue weighted by Crippen LogP contribution is 2.37. The van der Waals surface area contributed by atoms with Crippen LogP contribution in [0.3, 0.4) is 0 Å². The number of hydrogen-bond donors (Lipinski definition) is 2. The summed E-state index contributed by atoms with van der Waals surface area (Å²) in [7, 11) is 1.28. The van der Waals surface area contributed by atoms with Gasteiger partial charge in [-0.15, -0.1) is 11.3 Å². The van der Waals surface area contributed by atoms with Gasteiger partial charge in [0.05, 0.1) is 19.4 Å². The number of esters is 2. The van der Waals surface area contributed by atoms with Crippen molar-refractivity contribution in [3.63, 3.8) is 0 Å². The van der Waals surface area contributed by atoms with Crippen LogP contribution in [0, 0.1) is 5.92 Å². The van der Waals surface area contributed by atoms with Crippen LogP contribution in [0.4, 0.5) is 10.7 Å². The van der Waals surface area contributed by atoms with E-state index in [1.165, 1.54) is 7.11 Å². The largest absolute Gasteiger partial charge is 0.465 e. The quantitative estimate of drug-likeness (QED) is 0.785. The summed E-state index contributed by atoms with van der Waals surface area (Å²) in [6, 6.07) is 0.113. The van der Waals surface area contributed by atoms with Gasteiger partial charge in [-0.2, -0.15) is 0 Å². The van der Waals surface area contributed by atoms with Gasteiger partial charge in [0.2, 0.25) is 0 Å². The number of nitrogens with two attached hydrogens (primary N) is 1. The average Bonchev–Trinajstić information content (AvgIpc) is 2.75. The fraction of sp³-hybridized carbons (Fsp3) is 0.571. The number of nitrogens with one attached hydrogen (secondary N) is 1. The maximum atomic E-state index is 11.9. The number of methoxy groups -OCH3 is 1. The molecule has 0 aliphatic carbocycles. The summed E-state index contributed by atoms with van der Waals surface area (Å²) in [6.45, 7) is 8.06. The lowest BCUT2D eigenvalue weighted by molar-refractivity contribution is 0.0533. The molecular weight excluding hydrogens is 292 g/mol. The van der Waals surface area contributed by atoms with E-state index in [-0.39, 0.29) is 28.8 Å². The van der Waals surface area contributed by atoms with E-state index >= 15 is 0 Å². The Morgan fingerprint density at radius 2 is 1.90 bits per heavy atom. The first-order valence-electron chi connectivity index (χ1n) is 6.77. The Kier molecular flexibility index (Phi) is 6.02. The lowest BCUT2D eigenvalue weighted by Gasteiger charge is -2.18. The normalized spacial score (nSPS) is 12.1. The summed E-state index contributed by atoms with van der Waals surface area (Å²) < 4.78 is 9.70. The van der Waals surface area contributed by atoms with Crippen molar-refractivity contribution in [2.24, 2.45) is 5.92 Å². The number of anilines is 2. The van der Waals surface area contributed by atoms with E-state index in [0.717, 1.165) is 11.3 Å². The number of nitrogen functional groups attached to an aromatic ring is 1. The van der Waals surface area contributed by atoms with Crippen LogP contribution in [0.5, 0.6) is 0 Å². The molecule has 0 aliphatic rings. The van der Waals surface area contributed by atoms with Crippen molar-refractivity contribution < 1.29 is 19.1 Å². The number of ether oxygens (including phenoxy) is 2. The fourth-order valence-corrected chi connectivity index (χ4v) is 2.67. The smallest absolute Gasteiger partial charge is 0.350 e. The highest BCUT2D eigenvalue weighted by Gasteiger charge is 2.27. The lowest BCUT2D eigenvalue weighted by Crippen LogP contribution is -2.22. The standard InChI is InChI=1S/C14H22N2O4S/c1-6-20-14(18)11-10(15)9(13(17)19-5)12(21-11)16-8(4)7(2)3/h7-8,16H,6,15H2,1-5H3. The average molecular weight is 314 g/mol. The van der Waals surface area contributed by atoms with Crippen molar-refractivity contribution in [3.05, 3.63) is 10.4 Å². The molecule has 0 saturated carbocycles. The van der Waals surface area contributed by atoms with Crippen LogP contribution in [-0.2, 0) is 9.47 Å². The van der Waals surface area contributed by atoms with Gasteiger partial charge >= 0.3 is 11.9 Å². The lowest BCUT2D eigenvalue weighted by atomic mass is 10.1. The maximum absolute atomic E-state index is 11.9. The van der Waals surface area contributed by atoms with E-state index in [0.29, 0.717) is 10.9 Å². The van der Waals surface area contributed by atoms with Crippen molar-refractivity contribution in [1.82, 2.24) is 0 Å². The molecule has 3 N–H and O–H groups in total. The molecule has 0 amide bonds. The van der Waals surface area contributed by atoms with Crippen molar-refractivity contribution in [2.75, 3.05) is 24.8 Å². The second kappa shape index (κ2) is 7.31. The summed E-state index contributed by atoms with van der Waals surface area (Å²) in [6.07, 6.45) is 0. The topological polar surface area (TPSA) is 90.6 Å². The Morgan fingerprint density at radius 3 is 2.38 bits per heavy atom. The third kappa shape index (κ3) is 3.87. The minimum Gasteiger partial charge on any atom is -0.465 e. The van der Waals surface area contributed by atoms with Crippen molar-refractivity contribution in [3.8, 4) is 0 Å². The molecule has 1 rings (SSSR count). The molecule has 6 nitrogen and oxygen atoms in total. The predicted octanol–water partition coefficient (Wildman–Crippen LogP) is 2.75. The molecule has 0 radical (unpaired) electrons. The molecule has 1 heterocycles. The van der Waals surface area contributed by atoms with Gasteiger partial charge in [-0.1, -0.05) is 13.8 Å². The van der Waals surface area contributed by atoms with Crippen LogP contribution in [0.2, 0.25) is 0 Å². The third-order valence-electron chi connectivity index (χ3n) is 3.15. The van der Waals surface area contributed by atoms with Crippen LogP contribution < -0.4 is 11.1 Å². The van der Waals surface area contributed by atoms with Gasteiger partial charge in [0.15, 0.2) is 0 Å². The zero-order valence-electron chi connectivity index (χ0n) is 13.0. The molecule has 7 heteroatoms. The second-order valence-corrected chi connectivity index (χ2v) is 5.96. The van der Waals surface area contributed by atoms with Gasteiger partial charge in [-0.25, -0.2) is 9.59 Å². The number of hydrogen-bond acceptors (Lipinski definition) is 7. The SMILES string of the molecule is CCOC(=O)c1sc(NC(C)C(C)C)c(C(=O)OC)c1N. The molecule has 1 unspecified atom stereocenters. The first-order valence-corrected chi connectivity index (χ1v) is 7.59. The van der Waals surface area contributed by atoms with Crippen LogP contribution >= 0.6 is 11.3 Å². The van der Waals surface area contributed by atoms with Crippen LogP contribution in [-0.4, -0.2) is 31.7 Å². The number of rotatable bonds is 6. The summed E-state index contributed by atoms with van der Waals surface area (Å²) in [5.74, 6) is -0.752. The van der Waals surface area contributed by atoms with E-state index in [1.54, 1.807) is 6.92 Å². The summed E-state index contributed by atoms with van der Waals surface area (Å²) >= 11 is 1.11. The van der Waals surface area contributed by atoms with Crippen LogP contribution in [0.25, 0.3) is 0 Å². The zero-order chi connectivity index (χ0) is 16.2. The Balaban J connectivity index is 3.24. The van der Waals surface area contributed by atoms with Crippen molar-refractivity contribution in [2.45, 2.75) is 33.7 Å². The Morgan fingerprint density at radius 1 is 1.29 bits per heavy atom. The van der Waals surface area contributed by atoms with E-state index in [4.69, 9.17) is 15.2 Å². The molecule has 0 bridgehead atoms. The van der Waals surface area contributed by atoms with Gasteiger partial charge in [0.25, 0.3) is 0 Å². The monoisotopic (exact) mass is 314 g/mol. The Bertz CT molecular complexity index is 525. The van der Waals surface area contributed by atoms with Gasteiger partial charge in [0.1, 0.15) is 15.4 Å². The Labute approximate surface area is 128 Å². The minimum atomic E-state index is -0.572. The number of carbonyl (C=O) groups excluding carboxylic acids is 2. The highest BCUT2D eigenvalue weighted by molar-refractivity contribution is 7.19. The molecule has 0 aromatic carbocycles. The summed E-state index contributed by atoms with van der Waals surface area (Å²) in [5, 5.41) is 3.74. The number of carbonyl (C=O) groups is 2. The predicted molar refractivity (Wildman–Crippen MR) is 84.0 cm³/mol. The van der Waals surface area contributed by atoms with Crippen LogP contribution in [0.15, 0.2) is 0 Å². The first kappa shape index (κ1) is 17.3. The molecule has 118 valence electrons. The third-order valence-corrected chi connectivity index (χ3v) is 4.27. The summed E-state index contributed by atoms with van der Waals surface area (Å²) in [5.41, 5.74) is 6.23. The maximum Gasteiger partial charge on any atom is 0.350 e. The molecule has 21 heavy (non-hydrogen) atoms. The highest BCUT2D eigenvalue weighted by atomic mass is 32.1. The zero-order valence-corrected chi connectivity index (χ0v) is 13.8. The molecule has 1 aromatic heterocycles. The minimum absolute atomic E-state index is 0.101. The summed E-state index contributed by atoms with van der Waals surface area (Å²) in [4.78, 5) is 24.0. The van der Waals surface area contributed by atoms with E-state index < -0.39 is 11.9 Å². The number of thiophene rings is 1. The fourth-order valence-electron chi connectivity index (χ4n) is 1.57.